The van der Waals surface area contributed by atoms with Gasteiger partial charge in [0.05, 0.1) is 24.2 Å². The molecule has 1 aromatic heterocycles. The Morgan fingerprint density at radius 3 is 2.71 bits per heavy atom. The van der Waals surface area contributed by atoms with Crippen LogP contribution in [0.25, 0.3) is 10.9 Å². The normalized spacial score (nSPS) is 21.0. The molecule has 0 spiro atoms. The van der Waals surface area contributed by atoms with Gasteiger partial charge in [-0.15, -0.1) is 0 Å². The lowest BCUT2D eigenvalue weighted by Gasteiger charge is -2.26. The van der Waals surface area contributed by atoms with Crippen LogP contribution in [-0.2, 0) is 11.2 Å². The van der Waals surface area contributed by atoms with Crippen molar-refractivity contribution in [3.8, 4) is 0 Å². The van der Waals surface area contributed by atoms with Crippen molar-refractivity contribution >= 4 is 22.5 Å². The monoisotopic (exact) mass is 327 g/mol. The first-order chi connectivity index (χ1) is 11.6. The number of carbonyl (C=O) groups is 1. The molecular weight excluding hydrogens is 298 g/mol. The fourth-order valence-electron chi connectivity index (χ4n) is 3.69. The average molecular weight is 327 g/mol. The lowest BCUT2D eigenvalue weighted by molar-refractivity contribution is -0.897. The third-order valence-electron chi connectivity index (χ3n) is 5.32. The number of quaternary nitrogens is 1. The highest BCUT2D eigenvalue weighted by molar-refractivity contribution is 6.01. The van der Waals surface area contributed by atoms with Gasteiger partial charge in [-0.1, -0.05) is 26.0 Å². The maximum Gasteiger partial charge on any atom is 0.279 e. The number of amides is 1. The lowest BCUT2D eigenvalue weighted by atomic mass is 9.99. The van der Waals surface area contributed by atoms with Gasteiger partial charge >= 0.3 is 0 Å². The second-order valence-electron chi connectivity index (χ2n) is 7.16. The van der Waals surface area contributed by atoms with Crippen molar-refractivity contribution in [2.45, 2.75) is 40.0 Å². The molecule has 0 bridgehead atoms. The molecule has 4 heteroatoms. The Labute approximate surface area is 144 Å². The summed E-state index contributed by atoms with van der Waals surface area (Å²) in [7, 11) is 0. The van der Waals surface area contributed by atoms with Crippen LogP contribution in [0.1, 0.15) is 37.9 Å². The number of H-pyrrole nitrogens is 1. The van der Waals surface area contributed by atoms with Crippen molar-refractivity contribution < 1.29 is 14.7 Å². The predicted octanol–water partition coefficient (Wildman–Crippen LogP) is 1.78. The van der Waals surface area contributed by atoms with E-state index in [2.05, 4.69) is 43.2 Å². The second-order valence-corrected chi connectivity index (χ2v) is 7.16. The van der Waals surface area contributed by atoms with E-state index in [1.54, 1.807) is 0 Å². The van der Waals surface area contributed by atoms with Crippen LogP contribution in [0.5, 0.6) is 0 Å². The van der Waals surface area contributed by atoms with Crippen molar-refractivity contribution in [3.05, 3.63) is 35.5 Å². The molecule has 1 saturated heterocycles. The second kappa shape index (κ2) is 7.31. The Morgan fingerprint density at radius 2 is 2.00 bits per heavy atom. The first-order valence-corrected chi connectivity index (χ1v) is 9.15. The van der Waals surface area contributed by atoms with Gasteiger partial charge in [-0.05, 0) is 31.7 Å². The van der Waals surface area contributed by atoms with Crippen molar-refractivity contribution in [2.75, 3.05) is 25.0 Å². The molecule has 128 valence electrons. The Bertz CT molecular complexity index is 733. The Hall–Kier alpha value is -1.94. The Kier molecular flexibility index (Phi) is 5.14. The molecule has 1 aliphatic rings. The standard InChI is InChI=1S/C20H27N3O/c1-4-17-15(3)20(16-7-5-6-8-18(16)21-17)22-19(24)13-23-11-9-14(2)10-12-23/h5-8,14H,4,9-13H2,1-3H3,(H,21,22,24)/p+2. The predicted molar refractivity (Wildman–Crippen MR) is 97.2 cm³/mol. The molecule has 4 nitrogen and oxygen atoms in total. The van der Waals surface area contributed by atoms with Gasteiger partial charge in [0.2, 0.25) is 5.52 Å². The number of piperidine rings is 1. The summed E-state index contributed by atoms with van der Waals surface area (Å²) < 4.78 is 0. The number of hydrogen-bond acceptors (Lipinski definition) is 1. The van der Waals surface area contributed by atoms with Crippen LogP contribution in [0.15, 0.2) is 24.3 Å². The number of anilines is 1. The van der Waals surface area contributed by atoms with E-state index in [1.807, 2.05) is 12.1 Å². The first-order valence-electron chi connectivity index (χ1n) is 9.15. The minimum Gasteiger partial charge on any atom is -0.327 e. The van der Waals surface area contributed by atoms with E-state index in [4.69, 9.17) is 0 Å². The summed E-state index contributed by atoms with van der Waals surface area (Å²) in [5, 5.41) is 4.29. The number of hydrogen-bond donors (Lipinski definition) is 2. The van der Waals surface area contributed by atoms with E-state index >= 15 is 0 Å². The Balaban J connectivity index is 1.81. The minimum atomic E-state index is 0.126. The van der Waals surface area contributed by atoms with Crippen LogP contribution in [0, 0.1) is 12.8 Å². The van der Waals surface area contributed by atoms with E-state index in [1.165, 1.54) is 23.4 Å². The molecule has 24 heavy (non-hydrogen) atoms. The average Bonchev–Trinajstić information content (AvgIpc) is 2.59. The maximum absolute atomic E-state index is 12.6. The molecular formula is C20H29N3O+2. The molecule has 2 heterocycles. The zero-order valence-electron chi connectivity index (χ0n) is 15.0. The van der Waals surface area contributed by atoms with Crippen LogP contribution in [0.4, 0.5) is 5.69 Å². The van der Waals surface area contributed by atoms with Crippen molar-refractivity contribution in [2.24, 2.45) is 5.92 Å². The molecule has 0 radical (unpaired) electrons. The highest BCUT2D eigenvalue weighted by atomic mass is 16.2. The molecule has 0 unspecified atom stereocenters. The summed E-state index contributed by atoms with van der Waals surface area (Å²) in [5.74, 6) is 0.931. The molecule has 2 aromatic rings. The molecule has 3 rings (SSSR count). The van der Waals surface area contributed by atoms with Gasteiger partial charge in [0.15, 0.2) is 12.2 Å². The topological polar surface area (TPSA) is 47.7 Å². The molecule has 0 saturated carbocycles. The van der Waals surface area contributed by atoms with Crippen molar-refractivity contribution in [3.63, 3.8) is 0 Å². The number of nitrogens with one attached hydrogen (secondary N) is 3. The third-order valence-corrected chi connectivity index (χ3v) is 5.32. The molecule has 3 N–H and O–H groups in total. The van der Waals surface area contributed by atoms with Crippen LogP contribution in [-0.4, -0.2) is 25.5 Å². The number of para-hydroxylation sites is 1. The largest absolute Gasteiger partial charge is 0.327 e. The van der Waals surface area contributed by atoms with Gasteiger partial charge in [0.25, 0.3) is 5.91 Å². The number of pyridine rings is 1. The Morgan fingerprint density at radius 1 is 1.29 bits per heavy atom. The number of carbonyl (C=O) groups excluding carboxylic acids is 1. The van der Waals surface area contributed by atoms with Crippen LogP contribution >= 0.6 is 0 Å². The summed E-state index contributed by atoms with van der Waals surface area (Å²) in [4.78, 5) is 17.5. The molecule has 1 aromatic carbocycles. The van der Waals surface area contributed by atoms with Crippen LogP contribution in [0.2, 0.25) is 0 Å². The van der Waals surface area contributed by atoms with Gasteiger partial charge < -0.3 is 10.2 Å². The SMILES string of the molecule is CCc1[nH+]c2ccccc2c(NC(=O)C[NH+]2CCC(C)CC2)c1C. The number of rotatable bonds is 4. The number of benzene rings is 1. The minimum absolute atomic E-state index is 0.126. The summed E-state index contributed by atoms with van der Waals surface area (Å²) in [6.07, 6.45) is 3.38. The molecule has 0 aliphatic carbocycles. The quantitative estimate of drug-likeness (QED) is 0.883. The van der Waals surface area contributed by atoms with Gasteiger partial charge in [-0.2, -0.15) is 0 Å². The zero-order valence-corrected chi connectivity index (χ0v) is 15.0. The number of aromatic amines is 1. The number of fused-ring (bicyclic) bond motifs is 1. The molecule has 1 fully saturated rings. The number of aromatic nitrogens is 1. The number of likely N-dealkylation sites (tertiary alicyclic amines) is 1. The fraction of sp³-hybridized carbons (Fsp3) is 0.500. The summed E-state index contributed by atoms with van der Waals surface area (Å²) in [6, 6.07) is 8.19. The summed E-state index contributed by atoms with van der Waals surface area (Å²) >= 11 is 0. The zero-order chi connectivity index (χ0) is 17.1. The van der Waals surface area contributed by atoms with E-state index in [0.717, 1.165) is 47.6 Å². The third kappa shape index (κ3) is 3.59. The van der Waals surface area contributed by atoms with Crippen molar-refractivity contribution in [1.29, 1.82) is 0 Å². The first kappa shape index (κ1) is 16.9. The lowest BCUT2D eigenvalue weighted by Crippen LogP contribution is -3.14. The number of aryl methyl sites for hydroxylation is 1. The molecule has 1 amide bonds. The van der Waals surface area contributed by atoms with Gasteiger partial charge in [-0.25, -0.2) is 4.98 Å². The van der Waals surface area contributed by atoms with Crippen LogP contribution < -0.4 is 15.2 Å². The van der Waals surface area contributed by atoms with Crippen molar-refractivity contribution in [1.82, 2.24) is 0 Å². The highest BCUT2D eigenvalue weighted by Crippen LogP contribution is 2.26. The van der Waals surface area contributed by atoms with Gasteiger partial charge in [0, 0.05) is 18.1 Å². The van der Waals surface area contributed by atoms with Crippen LogP contribution in [0.3, 0.4) is 0 Å². The fourth-order valence-corrected chi connectivity index (χ4v) is 3.69. The van der Waals surface area contributed by atoms with E-state index in [-0.39, 0.29) is 5.91 Å². The highest BCUT2D eigenvalue weighted by Gasteiger charge is 2.23. The maximum atomic E-state index is 12.6. The van der Waals surface area contributed by atoms with E-state index in [9.17, 15) is 4.79 Å². The smallest absolute Gasteiger partial charge is 0.279 e. The molecule has 1 aliphatic heterocycles. The summed E-state index contributed by atoms with van der Waals surface area (Å²) in [5.41, 5.74) is 4.38. The molecule has 0 atom stereocenters. The van der Waals surface area contributed by atoms with E-state index < -0.39 is 0 Å². The summed E-state index contributed by atoms with van der Waals surface area (Å²) in [6.45, 7) is 9.32. The van der Waals surface area contributed by atoms with E-state index in [0.29, 0.717) is 6.54 Å². The van der Waals surface area contributed by atoms with Gasteiger partial charge in [0.1, 0.15) is 0 Å². The van der Waals surface area contributed by atoms with Gasteiger partial charge in [-0.3, -0.25) is 4.79 Å².